The average Bonchev–Trinajstić information content (AvgIpc) is 2.27. The van der Waals surface area contributed by atoms with Crippen LogP contribution in [-0.4, -0.2) is 22.7 Å². The number of nitrogens with zero attached hydrogens (tertiary/aromatic N) is 2. The molecular weight excluding hydrogens is 144 g/mol. The Hall–Kier alpha value is -0.570. The van der Waals surface area contributed by atoms with Gasteiger partial charge in [0.05, 0.1) is 5.04 Å². The van der Waals surface area contributed by atoms with E-state index in [2.05, 4.69) is 16.1 Å². The maximum absolute atomic E-state index is 4.39. The monoisotopic (exact) mass is 152 g/mol. The summed E-state index contributed by atoms with van der Waals surface area (Å²) in [6.07, 6.45) is 5.91. The van der Waals surface area contributed by atoms with E-state index in [1.165, 1.54) is 0 Å². The topological polar surface area (TPSA) is 24.7 Å². The van der Waals surface area contributed by atoms with Gasteiger partial charge in [0.2, 0.25) is 0 Å². The number of allylic oxidation sites excluding steroid dienone is 1. The molecule has 3 heteroatoms. The Balaban J connectivity index is 2.24. The van der Waals surface area contributed by atoms with Crippen molar-refractivity contribution in [1.29, 1.82) is 0 Å². The van der Waals surface area contributed by atoms with E-state index >= 15 is 0 Å². The molecule has 0 aromatic rings. The zero-order chi connectivity index (χ0) is 6.97. The molecule has 2 unspecified atom stereocenters. The van der Waals surface area contributed by atoms with E-state index in [1.807, 2.05) is 19.2 Å². The summed E-state index contributed by atoms with van der Waals surface area (Å²) in [6.45, 7) is 2.03. The van der Waals surface area contributed by atoms with Crippen molar-refractivity contribution in [2.75, 3.05) is 0 Å². The highest BCUT2D eigenvalue weighted by Gasteiger charge is 2.25. The first kappa shape index (κ1) is 6.16. The maximum atomic E-state index is 4.39. The van der Waals surface area contributed by atoms with Crippen LogP contribution in [0.2, 0.25) is 0 Å². The fraction of sp³-hybridized carbons (Fsp3) is 0.429. The highest BCUT2D eigenvalue weighted by atomic mass is 32.2. The van der Waals surface area contributed by atoms with Crippen LogP contribution in [0.5, 0.6) is 0 Å². The standard InChI is InChI=1S/C7H8N2S/c1-5-9-6-3-2-4-8-7(6)10-5/h2-4,6-7H,1H3. The Labute approximate surface area is 64.1 Å². The summed E-state index contributed by atoms with van der Waals surface area (Å²) < 4.78 is 0. The molecule has 2 rings (SSSR count). The van der Waals surface area contributed by atoms with Gasteiger partial charge in [0.15, 0.2) is 0 Å². The first-order valence-electron chi connectivity index (χ1n) is 3.27. The minimum atomic E-state index is 0.315. The molecule has 0 N–H and O–H groups in total. The summed E-state index contributed by atoms with van der Waals surface area (Å²) in [7, 11) is 0. The lowest BCUT2D eigenvalue weighted by Gasteiger charge is -2.10. The fourth-order valence-corrected chi connectivity index (χ4v) is 2.06. The summed E-state index contributed by atoms with van der Waals surface area (Å²) >= 11 is 1.75. The van der Waals surface area contributed by atoms with Gasteiger partial charge in [0, 0.05) is 6.21 Å². The summed E-state index contributed by atoms with van der Waals surface area (Å²) in [5.74, 6) is 0. The van der Waals surface area contributed by atoms with E-state index < -0.39 is 0 Å². The molecule has 52 valence electrons. The quantitative estimate of drug-likeness (QED) is 0.516. The van der Waals surface area contributed by atoms with E-state index in [4.69, 9.17) is 0 Å². The third kappa shape index (κ3) is 0.904. The van der Waals surface area contributed by atoms with Crippen molar-refractivity contribution < 1.29 is 0 Å². The van der Waals surface area contributed by atoms with E-state index in [0.29, 0.717) is 11.4 Å². The second-order valence-electron chi connectivity index (χ2n) is 2.33. The predicted molar refractivity (Wildman–Crippen MR) is 45.9 cm³/mol. The van der Waals surface area contributed by atoms with Crippen LogP contribution in [0, 0.1) is 0 Å². The molecule has 0 fully saturated rings. The minimum Gasteiger partial charge on any atom is -0.276 e. The molecule has 2 aliphatic heterocycles. The highest BCUT2D eigenvalue weighted by molar-refractivity contribution is 8.14. The van der Waals surface area contributed by atoms with Crippen molar-refractivity contribution in [1.82, 2.24) is 0 Å². The molecule has 0 saturated heterocycles. The second kappa shape index (κ2) is 2.23. The Morgan fingerprint density at radius 2 is 2.50 bits per heavy atom. The van der Waals surface area contributed by atoms with Crippen LogP contribution in [0.1, 0.15) is 6.92 Å². The lowest BCUT2D eigenvalue weighted by molar-refractivity contribution is 0.790. The molecule has 2 atom stereocenters. The summed E-state index contributed by atoms with van der Waals surface area (Å²) in [5.41, 5.74) is 0. The van der Waals surface area contributed by atoms with E-state index in [9.17, 15) is 0 Å². The molecular formula is C7H8N2S. The smallest absolute Gasteiger partial charge is 0.127 e. The van der Waals surface area contributed by atoms with Gasteiger partial charge in [-0.3, -0.25) is 9.98 Å². The van der Waals surface area contributed by atoms with Gasteiger partial charge in [0.25, 0.3) is 0 Å². The van der Waals surface area contributed by atoms with Crippen LogP contribution in [0.3, 0.4) is 0 Å². The molecule has 0 aliphatic carbocycles. The van der Waals surface area contributed by atoms with Crippen LogP contribution in [0.25, 0.3) is 0 Å². The van der Waals surface area contributed by atoms with Gasteiger partial charge in [-0.2, -0.15) is 0 Å². The lowest BCUT2D eigenvalue weighted by atomic mass is 10.2. The van der Waals surface area contributed by atoms with E-state index in [1.54, 1.807) is 11.8 Å². The number of aliphatic imine (C=N–C) groups is 2. The van der Waals surface area contributed by atoms with Gasteiger partial charge >= 0.3 is 0 Å². The first-order valence-corrected chi connectivity index (χ1v) is 4.15. The van der Waals surface area contributed by atoms with Gasteiger partial charge in [-0.15, -0.1) is 0 Å². The Morgan fingerprint density at radius 1 is 1.60 bits per heavy atom. The molecule has 0 spiro atoms. The highest BCUT2D eigenvalue weighted by Crippen LogP contribution is 2.29. The zero-order valence-electron chi connectivity index (χ0n) is 5.69. The molecule has 0 aromatic heterocycles. The summed E-state index contributed by atoms with van der Waals surface area (Å²) in [4.78, 5) is 8.67. The molecule has 10 heavy (non-hydrogen) atoms. The summed E-state index contributed by atoms with van der Waals surface area (Å²) in [6, 6.07) is 0.315. The number of dihydropyridines is 1. The number of fused-ring (bicyclic) bond motifs is 1. The van der Waals surface area contributed by atoms with Crippen molar-refractivity contribution in [3.05, 3.63) is 12.2 Å². The van der Waals surface area contributed by atoms with Gasteiger partial charge < -0.3 is 0 Å². The third-order valence-electron chi connectivity index (χ3n) is 1.54. The van der Waals surface area contributed by atoms with Crippen LogP contribution in [0.15, 0.2) is 22.1 Å². The van der Waals surface area contributed by atoms with Crippen LogP contribution < -0.4 is 0 Å². The van der Waals surface area contributed by atoms with E-state index in [0.717, 1.165) is 5.04 Å². The van der Waals surface area contributed by atoms with Crippen molar-refractivity contribution in [3.8, 4) is 0 Å². The molecule has 0 amide bonds. The predicted octanol–water partition coefficient (Wildman–Crippen LogP) is 1.49. The number of hydrogen-bond acceptors (Lipinski definition) is 3. The molecule has 2 nitrogen and oxygen atoms in total. The second-order valence-corrected chi connectivity index (χ2v) is 3.64. The first-order chi connectivity index (χ1) is 4.86. The normalized spacial score (nSPS) is 35.9. The van der Waals surface area contributed by atoms with Crippen molar-refractivity contribution in [2.24, 2.45) is 9.98 Å². The Bertz CT molecular complexity index is 230. The minimum absolute atomic E-state index is 0.315. The third-order valence-corrected chi connectivity index (χ3v) is 2.63. The van der Waals surface area contributed by atoms with Crippen LogP contribution >= 0.6 is 11.8 Å². The molecule has 0 radical (unpaired) electrons. The Morgan fingerprint density at radius 3 is 3.30 bits per heavy atom. The average molecular weight is 152 g/mol. The molecule has 2 heterocycles. The Kier molecular flexibility index (Phi) is 1.38. The van der Waals surface area contributed by atoms with Crippen molar-refractivity contribution >= 4 is 23.0 Å². The van der Waals surface area contributed by atoms with Gasteiger partial charge in [-0.25, -0.2) is 0 Å². The lowest BCUT2D eigenvalue weighted by Crippen LogP contribution is -2.14. The van der Waals surface area contributed by atoms with E-state index in [-0.39, 0.29) is 0 Å². The largest absolute Gasteiger partial charge is 0.276 e. The molecule has 0 aromatic carbocycles. The van der Waals surface area contributed by atoms with Crippen LogP contribution in [-0.2, 0) is 0 Å². The number of thioether (sulfide) groups is 1. The number of hydrogen-bond donors (Lipinski definition) is 0. The van der Waals surface area contributed by atoms with Gasteiger partial charge in [0.1, 0.15) is 11.4 Å². The fourth-order valence-electron chi connectivity index (χ4n) is 1.10. The van der Waals surface area contributed by atoms with Gasteiger partial charge in [-0.1, -0.05) is 17.8 Å². The van der Waals surface area contributed by atoms with Crippen molar-refractivity contribution in [2.45, 2.75) is 18.3 Å². The molecule has 0 saturated carbocycles. The molecule has 0 bridgehead atoms. The van der Waals surface area contributed by atoms with Gasteiger partial charge in [-0.05, 0) is 13.0 Å². The zero-order valence-corrected chi connectivity index (χ0v) is 6.51. The van der Waals surface area contributed by atoms with Crippen LogP contribution in [0.4, 0.5) is 0 Å². The summed E-state index contributed by atoms with van der Waals surface area (Å²) in [5, 5.41) is 1.49. The van der Waals surface area contributed by atoms with Crippen molar-refractivity contribution in [3.63, 3.8) is 0 Å². The SMILES string of the molecule is CC1=NC2C=CC=NC2S1. The maximum Gasteiger partial charge on any atom is 0.127 e. The number of rotatable bonds is 0. The molecule has 2 aliphatic rings.